The van der Waals surface area contributed by atoms with Gasteiger partial charge < -0.3 is 19.9 Å². The van der Waals surface area contributed by atoms with E-state index in [1.807, 2.05) is 0 Å². The predicted octanol–water partition coefficient (Wildman–Crippen LogP) is 1.01. The zero-order chi connectivity index (χ0) is 24.8. The van der Waals surface area contributed by atoms with Gasteiger partial charge in [0.1, 0.15) is 0 Å². The topological polar surface area (TPSA) is 168 Å². The zero-order valence-corrected chi connectivity index (χ0v) is 19.7. The van der Waals surface area contributed by atoms with E-state index in [0.29, 0.717) is 35.1 Å². The fraction of sp³-hybridized carbons (Fsp3) is 0.429. The number of nitrogens with one attached hydrogen (secondary N) is 1. The molecule has 0 atom stereocenters. The van der Waals surface area contributed by atoms with E-state index < -0.39 is 5.91 Å². The highest BCUT2D eigenvalue weighted by Gasteiger charge is 2.26. The highest BCUT2D eigenvalue weighted by molar-refractivity contribution is 5.94. The third kappa shape index (κ3) is 5.01. The first-order valence-electron chi connectivity index (χ1n) is 10.9. The van der Waals surface area contributed by atoms with Crippen LogP contribution in [-0.2, 0) is 6.54 Å². The SMILES string of the molecule is COc1ccc(C=NNC(=O)c2nnn(-c3nonc3N)c2CN2CCCCC2)c(OC)c1OC. The van der Waals surface area contributed by atoms with Crippen LogP contribution < -0.4 is 25.4 Å². The Morgan fingerprint density at radius 2 is 1.91 bits per heavy atom. The summed E-state index contributed by atoms with van der Waals surface area (Å²) in [4.78, 5) is 15.2. The number of likely N-dealkylation sites (tertiary alicyclic amines) is 1. The number of anilines is 1. The average molecular weight is 486 g/mol. The van der Waals surface area contributed by atoms with Crippen molar-refractivity contribution in [1.82, 2.24) is 35.6 Å². The minimum absolute atomic E-state index is 0.0420. The lowest BCUT2D eigenvalue weighted by molar-refractivity contribution is 0.0947. The van der Waals surface area contributed by atoms with Crippen LogP contribution in [0.5, 0.6) is 17.2 Å². The van der Waals surface area contributed by atoms with E-state index in [0.717, 1.165) is 25.9 Å². The molecule has 1 aliphatic rings. The van der Waals surface area contributed by atoms with Crippen molar-refractivity contribution in [2.75, 3.05) is 40.2 Å². The molecule has 0 spiro atoms. The van der Waals surface area contributed by atoms with Crippen LogP contribution in [-0.4, -0.2) is 76.7 Å². The van der Waals surface area contributed by atoms with Crippen molar-refractivity contribution >= 4 is 17.9 Å². The van der Waals surface area contributed by atoms with Crippen LogP contribution >= 0.6 is 0 Å². The largest absolute Gasteiger partial charge is 0.493 e. The summed E-state index contributed by atoms with van der Waals surface area (Å²) >= 11 is 0. The van der Waals surface area contributed by atoms with Gasteiger partial charge >= 0.3 is 0 Å². The van der Waals surface area contributed by atoms with E-state index in [9.17, 15) is 4.79 Å². The normalized spacial score (nSPS) is 14.3. The van der Waals surface area contributed by atoms with Crippen molar-refractivity contribution in [3.63, 3.8) is 0 Å². The van der Waals surface area contributed by atoms with Crippen molar-refractivity contribution in [2.45, 2.75) is 25.8 Å². The molecule has 3 aromatic rings. The number of ether oxygens (including phenoxy) is 3. The van der Waals surface area contributed by atoms with Gasteiger partial charge in [0.2, 0.25) is 17.4 Å². The molecule has 0 bridgehead atoms. The van der Waals surface area contributed by atoms with Gasteiger partial charge in [-0.15, -0.1) is 5.10 Å². The van der Waals surface area contributed by atoms with Crippen molar-refractivity contribution < 1.29 is 23.6 Å². The molecular weight excluding hydrogens is 458 g/mol. The van der Waals surface area contributed by atoms with Crippen molar-refractivity contribution in [1.29, 1.82) is 0 Å². The molecule has 0 unspecified atom stereocenters. The maximum atomic E-state index is 13.0. The molecule has 1 aliphatic heterocycles. The van der Waals surface area contributed by atoms with Crippen LogP contribution in [0, 0.1) is 0 Å². The van der Waals surface area contributed by atoms with Gasteiger partial charge in [-0.05, 0) is 48.4 Å². The Morgan fingerprint density at radius 3 is 2.57 bits per heavy atom. The van der Waals surface area contributed by atoms with Gasteiger partial charge in [0.15, 0.2) is 17.2 Å². The molecule has 1 amide bonds. The van der Waals surface area contributed by atoms with E-state index in [1.165, 1.54) is 38.6 Å². The number of nitrogens with zero attached hydrogens (tertiary/aromatic N) is 7. The Balaban J connectivity index is 1.58. The molecule has 186 valence electrons. The summed E-state index contributed by atoms with van der Waals surface area (Å²) in [5.74, 6) is 0.994. The minimum atomic E-state index is -0.547. The number of aromatic nitrogens is 5. The molecule has 3 heterocycles. The monoisotopic (exact) mass is 485 g/mol. The van der Waals surface area contributed by atoms with E-state index in [1.54, 1.807) is 12.1 Å². The van der Waals surface area contributed by atoms with Crippen LogP contribution in [0.15, 0.2) is 21.9 Å². The number of benzene rings is 1. The second-order valence-electron chi connectivity index (χ2n) is 7.73. The van der Waals surface area contributed by atoms with E-state index in [4.69, 9.17) is 24.6 Å². The minimum Gasteiger partial charge on any atom is -0.493 e. The Kier molecular flexibility index (Phi) is 7.40. The summed E-state index contributed by atoms with van der Waals surface area (Å²) in [5.41, 5.74) is 9.52. The molecule has 1 saturated heterocycles. The Hall–Kier alpha value is -4.20. The quantitative estimate of drug-likeness (QED) is 0.328. The summed E-state index contributed by atoms with van der Waals surface area (Å²) in [6.45, 7) is 2.22. The number of methoxy groups -OCH3 is 3. The van der Waals surface area contributed by atoms with Crippen LogP contribution in [0.3, 0.4) is 0 Å². The van der Waals surface area contributed by atoms with Crippen LogP contribution in [0.2, 0.25) is 0 Å². The van der Waals surface area contributed by atoms with Gasteiger partial charge in [-0.2, -0.15) is 9.78 Å². The lowest BCUT2D eigenvalue weighted by Gasteiger charge is -2.26. The van der Waals surface area contributed by atoms with Crippen LogP contribution in [0.4, 0.5) is 5.82 Å². The molecule has 0 radical (unpaired) electrons. The maximum Gasteiger partial charge on any atom is 0.293 e. The van der Waals surface area contributed by atoms with Gasteiger partial charge in [0.25, 0.3) is 5.91 Å². The second-order valence-corrected chi connectivity index (χ2v) is 7.73. The first-order chi connectivity index (χ1) is 17.1. The van der Waals surface area contributed by atoms with Gasteiger partial charge in [-0.1, -0.05) is 11.6 Å². The Labute approximate surface area is 201 Å². The first kappa shape index (κ1) is 23.9. The Morgan fingerprint density at radius 1 is 1.14 bits per heavy atom. The molecule has 14 nitrogen and oxygen atoms in total. The van der Waals surface area contributed by atoms with Crippen molar-refractivity contribution in [2.24, 2.45) is 5.10 Å². The van der Waals surface area contributed by atoms with Crippen molar-refractivity contribution in [3.05, 3.63) is 29.1 Å². The fourth-order valence-electron chi connectivity index (χ4n) is 3.90. The van der Waals surface area contributed by atoms with Crippen LogP contribution in [0.25, 0.3) is 5.82 Å². The number of carbonyl (C=O) groups excluding carboxylic acids is 1. The Bertz CT molecular complexity index is 1200. The number of nitrogens with two attached hydrogens (primary N) is 1. The number of hydrogen-bond acceptors (Lipinski definition) is 12. The molecule has 1 fully saturated rings. The lowest BCUT2D eigenvalue weighted by atomic mass is 10.1. The van der Waals surface area contributed by atoms with E-state index >= 15 is 0 Å². The molecule has 4 rings (SSSR count). The lowest BCUT2D eigenvalue weighted by Crippen LogP contribution is -2.31. The summed E-state index contributed by atoms with van der Waals surface area (Å²) < 4.78 is 22.2. The standard InChI is InChI=1S/C21H27N9O5/c1-32-15-8-7-13(17(33-2)18(15)34-3)11-23-25-21(31)16-14(12-29-9-5-4-6-10-29)30(28-24-16)20-19(22)26-35-27-20/h7-8,11H,4-6,9-10,12H2,1-3H3,(H2,22,26)(H,25,31). The maximum absolute atomic E-state index is 13.0. The summed E-state index contributed by atoms with van der Waals surface area (Å²) in [5, 5.41) is 19.6. The van der Waals surface area contributed by atoms with Gasteiger partial charge in [-0.25, -0.2) is 10.1 Å². The van der Waals surface area contributed by atoms with Gasteiger partial charge in [0.05, 0.1) is 33.2 Å². The number of hydrazone groups is 1. The van der Waals surface area contributed by atoms with Crippen LogP contribution in [0.1, 0.15) is 41.0 Å². The number of amides is 1. The number of rotatable bonds is 9. The number of hydrogen-bond donors (Lipinski definition) is 2. The number of piperidine rings is 1. The highest BCUT2D eigenvalue weighted by atomic mass is 16.6. The summed E-state index contributed by atoms with van der Waals surface area (Å²) in [7, 11) is 4.54. The molecule has 14 heteroatoms. The molecular formula is C21H27N9O5. The third-order valence-electron chi connectivity index (χ3n) is 5.60. The average Bonchev–Trinajstić information content (AvgIpc) is 3.49. The fourth-order valence-corrected chi connectivity index (χ4v) is 3.90. The van der Waals surface area contributed by atoms with Gasteiger partial charge in [-0.3, -0.25) is 9.69 Å². The number of carbonyl (C=O) groups is 1. The van der Waals surface area contributed by atoms with E-state index in [-0.39, 0.29) is 17.3 Å². The second kappa shape index (κ2) is 10.8. The van der Waals surface area contributed by atoms with E-state index in [2.05, 4.69) is 36.1 Å². The molecule has 35 heavy (non-hydrogen) atoms. The zero-order valence-electron chi connectivity index (χ0n) is 19.7. The molecule has 3 N–H and O–H groups in total. The summed E-state index contributed by atoms with van der Waals surface area (Å²) in [6, 6.07) is 3.44. The molecule has 0 saturated carbocycles. The smallest absolute Gasteiger partial charge is 0.293 e. The number of nitrogen functional groups attached to an aromatic ring is 1. The summed E-state index contributed by atoms with van der Waals surface area (Å²) in [6.07, 6.45) is 4.77. The third-order valence-corrected chi connectivity index (χ3v) is 5.60. The molecule has 1 aromatic carbocycles. The molecule has 2 aromatic heterocycles. The first-order valence-corrected chi connectivity index (χ1v) is 10.9. The molecule has 0 aliphatic carbocycles. The highest BCUT2D eigenvalue weighted by Crippen LogP contribution is 2.39. The predicted molar refractivity (Wildman–Crippen MR) is 124 cm³/mol. The van der Waals surface area contributed by atoms with Crippen molar-refractivity contribution in [3.8, 4) is 23.1 Å². The van der Waals surface area contributed by atoms with Gasteiger partial charge in [0, 0.05) is 12.1 Å².